The third-order valence-corrected chi connectivity index (χ3v) is 4.41. The molecule has 0 radical (unpaired) electrons. The molecule has 1 fully saturated rings. The van der Waals surface area contributed by atoms with Gasteiger partial charge in [-0.2, -0.15) is 4.98 Å². The Morgan fingerprint density at radius 3 is 2.93 bits per heavy atom. The summed E-state index contributed by atoms with van der Waals surface area (Å²) in [6, 6.07) is 3.57. The number of rotatable bonds is 7. The van der Waals surface area contributed by atoms with Crippen molar-refractivity contribution < 1.29 is 14.3 Å². The summed E-state index contributed by atoms with van der Waals surface area (Å²) in [7, 11) is 1.63. The van der Waals surface area contributed by atoms with Crippen LogP contribution in [0.25, 0.3) is 16.9 Å². The Kier molecular flexibility index (Phi) is 4.72. The van der Waals surface area contributed by atoms with Crippen LogP contribution in [0.3, 0.4) is 0 Å². The number of carbonyl (C=O) groups is 1. The minimum Gasteiger partial charge on any atom is -0.475 e. The van der Waals surface area contributed by atoms with Crippen LogP contribution in [0.1, 0.15) is 31.2 Å². The molecule has 140 valence electrons. The zero-order valence-electron chi connectivity index (χ0n) is 15.3. The van der Waals surface area contributed by atoms with Crippen molar-refractivity contribution in [2.24, 2.45) is 0 Å². The van der Waals surface area contributed by atoms with Crippen LogP contribution in [0.15, 0.2) is 30.7 Å². The minimum atomic E-state index is -0.160. The Hall–Kier alpha value is -3.00. The smallest absolute Gasteiger partial charge is 0.237 e. The van der Waals surface area contributed by atoms with Crippen molar-refractivity contribution in [3.05, 3.63) is 36.3 Å². The SMILES string of the molecule is COCCOc1ccnc(-n2cc(C3CC3)c3cnc(NC(C)=O)cc32)n1. The average molecular weight is 367 g/mol. The summed E-state index contributed by atoms with van der Waals surface area (Å²) in [6.45, 7) is 2.37. The van der Waals surface area contributed by atoms with E-state index in [0.29, 0.717) is 36.8 Å². The Bertz CT molecular complexity index is 981. The molecule has 1 aliphatic carbocycles. The molecule has 0 spiro atoms. The fourth-order valence-electron chi connectivity index (χ4n) is 3.04. The molecule has 4 rings (SSSR count). The molecule has 0 aromatic carbocycles. The van der Waals surface area contributed by atoms with Gasteiger partial charge in [0.15, 0.2) is 0 Å². The van der Waals surface area contributed by atoms with Gasteiger partial charge in [-0.1, -0.05) is 0 Å². The summed E-state index contributed by atoms with van der Waals surface area (Å²) in [4.78, 5) is 24.7. The standard InChI is InChI=1S/C19H21N5O3/c1-12(25)22-17-9-16-14(10-21-17)15(13-3-4-13)11-24(16)19-20-6-5-18(23-19)27-8-7-26-2/h5-6,9-11,13H,3-4,7-8H2,1-2H3,(H,21,22,25). The van der Waals surface area contributed by atoms with E-state index >= 15 is 0 Å². The lowest BCUT2D eigenvalue weighted by Gasteiger charge is -2.08. The largest absolute Gasteiger partial charge is 0.475 e. The molecule has 1 aliphatic rings. The number of aromatic nitrogens is 4. The Balaban J connectivity index is 1.75. The summed E-state index contributed by atoms with van der Waals surface area (Å²) in [6.07, 6.45) is 7.89. The Morgan fingerprint density at radius 2 is 2.19 bits per heavy atom. The van der Waals surface area contributed by atoms with Crippen molar-refractivity contribution in [1.29, 1.82) is 0 Å². The number of fused-ring (bicyclic) bond motifs is 1. The molecular formula is C19H21N5O3. The fourth-order valence-corrected chi connectivity index (χ4v) is 3.04. The summed E-state index contributed by atoms with van der Waals surface area (Å²) < 4.78 is 12.5. The third kappa shape index (κ3) is 3.75. The molecule has 3 aromatic heterocycles. The van der Waals surface area contributed by atoms with Crippen molar-refractivity contribution in [2.45, 2.75) is 25.7 Å². The van der Waals surface area contributed by atoms with Gasteiger partial charge in [0.05, 0.1) is 12.1 Å². The summed E-state index contributed by atoms with van der Waals surface area (Å²) in [5.74, 6) is 1.89. The van der Waals surface area contributed by atoms with Gasteiger partial charge in [-0.3, -0.25) is 9.36 Å². The summed E-state index contributed by atoms with van der Waals surface area (Å²) in [5, 5.41) is 3.79. The third-order valence-electron chi connectivity index (χ3n) is 4.41. The van der Waals surface area contributed by atoms with E-state index in [4.69, 9.17) is 9.47 Å². The quantitative estimate of drug-likeness (QED) is 0.646. The normalized spacial score (nSPS) is 13.7. The number of pyridine rings is 1. The Morgan fingerprint density at radius 1 is 1.33 bits per heavy atom. The van der Waals surface area contributed by atoms with Crippen LogP contribution in [0, 0.1) is 0 Å². The zero-order valence-corrected chi connectivity index (χ0v) is 15.3. The van der Waals surface area contributed by atoms with Crippen molar-refractivity contribution in [3.8, 4) is 11.8 Å². The number of methoxy groups -OCH3 is 1. The number of hydrogen-bond donors (Lipinski definition) is 1. The maximum atomic E-state index is 11.4. The lowest BCUT2D eigenvalue weighted by molar-refractivity contribution is -0.114. The number of anilines is 1. The molecule has 8 nitrogen and oxygen atoms in total. The highest BCUT2D eigenvalue weighted by Crippen LogP contribution is 2.44. The van der Waals surface area contributed by atoms with Gasteiger partial charge in [-0.05, 0) is 24.3 Å². The van der Waals surface area contributed by atoms with Crippen LogP contribution >= 0.6 is 0 Å². The van der Waals surface area contributed by atoms with Crippen molar-refractivity contribution >= 4 is 22.6 Å². The first-order chi connectivity index (χ1) is 13.2. The second-order valence-electron chi connectivity index (χ2n) is 6.53. The molecule has 1 saturated carbocycles. The first-order valence-corrected chi connectivity index (χ1v) is 8.89. The van der Waals surface area contributed by atoms with E-state index in [2.05, 4.69) is 26.5 Å². The number of nitrogens with one attached hydrogen (secondary N) is 1. The van der Waals surface area contributed by atoms with E-state index in [9.17, 15) is 4.79 Å². The van der Waals surface area contributed by atoms with Gasteiger partial charge < -0.3 is 14.8 Å². The lowest BCUT2D eigenvalue weighted by Crippen LogP contribution is -2.08. The van der Waals surface area contributed by atoms with E-state index in [1.54, 1.807) is 19.4 Å². The average Bonchev–Trinajstić information content (AvgIpc) is 3.43. The molecule has 8 heteroatoms. The van der Waals surface area contributed by atoms with Crippen LogP contribution < -0.4 is 10.1 Å². The lowest BCUT2D eigenvalue weighted by atomic mass is 10.1. The minimum absolute atomic E-state index is 0.160. The molecule has 1 N–H and O–H groups in total. The first-order valence-electron chi connectivity index (χ1n) is 8.89. The van der Waals surface area contributed by atoms with E-state index in [0.717, 1.165) is 10.9 Å². The molecule has 1 amide bonds. The van der Waals surface area contributed by atoms with Gasteiger partial charge in [-0.15, -0.1) is 0 Å². The highest BCUT2D eigenvalue weighted by Gasteiger charge is 2.28. The molecule has 27 heavy (non-hydrogen) atoms. The van der Waals surface area contributed by atoms with Crippen LogP contribution in [0.2, 0.25) is 0 Å². The summed E-state index contributed by atoms with van der Waals surface area (Å²) in [5.41, 5.74) is 2.14. The molecule has 0 unspecified atom stereocenters. The molecule has 0 saturated heterocycles. The van der Waals surface area contributed by atoms with Crippen LogP contribution in [-0.4, -0.2) is 45.7 Å². The number of hydrogen-bond acceptors (Lipinski definition) is 6. The first kappa shape index (κ1) is 17.4. The monoisotopic (exact) mass is 367 g/mol. The van der Waals surface area contributed by atoms with Crippen LogP contribution in [0.5, 0.6) is 5.88 Å². The van der Waals surface area contributed by atoms with Gasteiger partial charge in [0.25, 0.3) is 0 Å². The highest BCUT2D eigenvalue weighted by atomic mass is 16.5. The Labute approximate surface area is 156 Å². The number of carbonyl (C=O) groups excluding carboxylic acids is 1. The van der Waals surface area contributed by atoms with Crippen LogP contribution in [-0.2, 0) is 9.53 Å². The predicted molar refractivity (Wildman–Crippen MR) is 100 cm³/mol. The second kappa shape index (κ2) is 7.32. The maximum Gasteiger partial charge on any atom is 0.237 e. The molecule has 0 bridgehead atoms. The van der Waals surface area contributed by atoms with E-state index < -0.39 is 0 Å². The molecule has 0 atom stereocenters. The summed E-state index contributed by atoms with van der Waals surface area (Å²) >= 11 is 0. The van der Waals surface area contributed by atoms with Gasteiger partial charge in [0.1, 0.15) is 12.4 Å². The van der Waals surface area contributed by atoms with Gasteiger partial charge in [0, 0.05) is 50.1 Å². The van der Waals surface area contributed by atoms with Crippen molar-refractivity contribution in [3.63, 3.8) is 0 Å². The number of amides is 1. The maximum absolute atomic E-state index is 11.4. The zero-order chi connectivity index (χ0) is 18.8. The topological polar surface area (TPSA) is 91.2 Å². The van der Waals surface area contributed by atoms with Gasteiger partial charge in [-0.25, -0.2) is 9.97 Å². The van der Waals surface area contributed by atoms with E-state index in [1.165, 1.54) is 25.3 Å². The van der Waals surface area contributed by atoms with Gasteiger partial charge in [0.2, 0.25) is 17.7 Å². The highest BCUT2D eigenvalue weighted by molar-refractivity contribution is 5.92. The molecule has 3 heterocycles. The van der Waals surface area contributed by atoms with E-state index in [-0.39, 0.29) is 5.91 Å². The molecule has 0 aliphatic heterocycles. The van der Waals surface area contributed by atoms with E-state index in [1.807, 2.05) is 16.8 Å². The fraction of sp³-hybridized carbons (Fsp3) is 0.368. The predicted octanol–water partition coefficient (Wildman–Crippen LogP) is 2.68. The molecular weight excluding hydrogens is 346 g/mol. The number of ether oxygens (including phenoxy) is 2. The number of nitrogens with zero attached hydrogens (tertiary/aromatic N) is 4. The van der Waals surface area contributed by atoms with Crippen molar-refractivity contribution in [2.75, 3.05) is 25.6 Å². The van der Waals surface area contributed by atoms with Gasteiger partial charge >= 0.3 is 0 Å². The molecule has 3 aromatic rings. The van der Waals surface area contributed by atoms with Crippen molar-refractivity contribution in [1.82, 2.24) is 19.5 Å². The second-order valence-corrected chi connectivity index (χ2v) is 6.53. The van der Waals surface area contributed by atoms with Crippen LogP contribution in [0.4, 0.5) is 5.82 Å².